The van der Waals surface area contributed by atoms with Gasteiger partial charge >= 0.3 is 0 Å². The molecule has 0 saturated carbocycles. The number of hydrogen-bond donors (Lipinski definition) is 2. The zero-order chi connectivity index (χ0) is 19.3. The molecule has 7 heteroatoms. The molecule has 3 heterocycles. The maximum absolute atomic E-state index is 5.95. The summed E-state index contributed by atoms with van der Waals surface area (Å²) in [4.78, 5) is 4.69. The number of nitrogens with zero attached hydrogens (tertiary/aromatic N) is 4. The number of aliphatic imine (C=N–C) groups is 1. The van der Waals surface area contributed by atoms with Crippen molar-refractivity contribution < 1.29 is 4.42 Å². The van der Waals surface area contributed by atoms with Crippen LogP contribution in [0.2, 0.25) is 0 Å². The number of rotatable bonds is 6. The second kappa shape index (κ2) is 8.12. The van der Waals surface area contributed by atoms with Gasteiger partial charge in [0.05, 0.1) is 6.04 Å². The van der Waals surface area contributed by atoms with Crippen LogP contribution in [0, 0.1) is 0 Å². The third kappa shape index (κ3) is 3.83. The maximum Gasteiger partial charge on any atom is 0.191 e. The molecular weight excluding hydrogens is 352 g/mol. The number of fused-ring (bicyclic) bond motifs is 2. The normalized spacial score (nSPS) is 13.1. The van der Waals surface area contributed by atoms with E-state index in [1.807, 2.05) is 47.0 Å². The van der Waals surface area contributed by atoms with Crippen molar-refractivity contribution in [2.24, 2.45) is 4.99 Å². The van der Waals surface area contributed by atoms with E-state index >= 15 is 0 Å². The Morgan fingerprint density at radius 1 is 1.18 bits per heavy atom. The van der Waals surface area contributed by atoms with Crippen molar-refractivity contribution >= 4 is 22.6 Å². The lowest BCUT2D eigenvalue weighted by atomic mass is 10.2. The molecule has 1 atom stereocenters. The number of para-hydroxylation sites is 1. The molecule has 3 aromatic heterocycles. The van der Waals surface area contributed by atoms with Crippen molar-refractivity contribution in [2.45, 2.75) is 26.3 Å². The van der Waals surface area contributed by atoms with Gasteiger partial charge in [0.1, 0.15) is 17.2 Å². The fraction of sp³-hybridized carbons (Fsp3) is 0.286. The first-order valence-corrected chi connectivity index (χ1v) is 9.56. The summed E-state index contributed by atoms with van der Waals surface area (Å²) in [6, 6.07) is 16.0. The van der Waals surface area contributed by atoms with E-state index in [-0.39, 0.29) is 6.04 Å². The Hall–Kier alpha value is -3.35. The molecule has 144 valence electrons. The van der Waals surface area contributed by atoms with Gasteiger partial charge in [-0.2, -0.15) is 0 Å². The van der Waals surface area contributed by atoms with Gasteiger partial charge in [0.2, 0.25) is 0 Å². The van der Waals surface area contributed by atoms with E-state index in [0.29, 0.717) is 13.0 Å². The molecule has 0 saturated heterocycles. The van der Waals surface area contributed by atoms with Crippen LogP contribution in [-0.4, -0.2) is 33.6 Å². The molecule has 4 rings (SSSR count). The van der Waals surface area contributed by atoms with Crippen LogP contribution in [0.1, 0.15) is 31.5 Å². The number of pyridine rings is 1. The summed E-state index contributed by atoms with van der Waals surface area (Å²) in [5, 5.41) is 16.2. The highest BCUT2D eigenvalue weighted by molar-refractivity contribution is 5.81. The number of hydrogen-bond acceptors (Lipinski definition) is 4. The van der Waals surface area contributed by atoms with E-state index in [0.717, 1.165) is 40.7 Å². The van der Waals surface area contributed by atoms with Gasteiger partial charge in [-0.15, -0.1) is 10.2 Å². The summed E-state index contributed by atoms with van der Waals surface area (Å²) in [6.45, 7) is 5.51. The Bertz CT molecular complexity index is 1060. The first kappa shape index (κ1) is 18.0. The number of nitrogens with one attached hydrogen (secondary N) is 2. The minimum Gasteiger partial charge on any atom is -0.459 e. The Morgan fingerprint density at radius 2 is 2.04 bits per heavy atom. The summed E-state index contributed by atoms with van der Waals surface area (Å²) in [5.41, 5.74) is 1.75. The lowest BCUT2D eigenvalue weighted by molar-refractivity contribution is 0.488. The Morgan fingerprint density at radius 3 is 2.89 bits per heavy atom. The summed E-state index contributed by atoms with van der Waals surface area (Å²) in [6.07, 6.45) is 2.68. The molecule has 0 spiro atoms. The Kier molecular flexibility index (Phi) is 5.23. The van der Waals surface area contributed by atoms with Crippen molar-refractivity contribution in [1.29, 1.82) is 0 Å². The monoisotopic (exact) mass is 376 g/mol. The quantitative estimate of drug-likeness (QED) is 0.399. The largest absolute Gasteiger partial charge is 0.459 e. The minimum atomic E-state index is -0.000813. The standard InChI is InChI=1S/C21H24N6O/c1-3-22-21(23-12-11-20-26-25-19-10-6-7-13-27(19)20)24-15(2)18-14-16-8-4-5-9-17(16)28-18/h4-10,13-15H,3,11-12H2,1-2H3,(H2,22,23,24). The smallest absolute Gasteiger partial charge is 0.191 e. The molecule has 7 nitrogen and oxygen atoms in total. The fourth-order valence-electron chi connectivity index (χ4n) is 3.14. The SMILES string of the molecule is CCNC(=NCCc1nnc2ccccn12)NC(C)c1cc2ccccc2o1. The van der Waals surface area contributed by atoms with Gasteiger partial charge in [-0.1, -0.05) is 24.3 Å². The van der Waals surface area contributed by atoms with Crippen LogP contribution in [0.3, 0.4) is 0 Å². The molecular formula is C21H24N6O. The van der Waals surface area contributed by atoms with Gasteiger partial charge in [0, 0.05) is 31.1 Å². The van der Waals surface area contributed by atoms with E-state index in [9.17, 15) is 0 Å². The van der Waals surface area contributed by atoms with Crippen LogP contribution < -0.4 is 10.6 Å². The number of furan rings is 1. The van der Waals surface area contributed by atoms with E-state index in [1.165, 1.54) is 0 Å². The minimum absolute atomic E-state index is 0.000813. The van der Waals surface area contributed by atoms with E-state index in [1.54, 1.807) is 0 Å². The highest BCUT2D eigenvalue weighted by Crippen LogP contribution is 2.23. The molecule has 1 aromatic carbocycles. The van der Waals surface area contributed by atoms with E-state index < -0.39 is 0 Å². The second-order valence-electron chi connectivity index (χ2n) is 6.61. The molecule has 0 radical (unpaired) electrons. The second-order valence-corrected chi connectivity index (χ2v) is 6.61. The average Bonchev–Trinajstić information content (AvgIpc) is 3.32. The Balaban J connectivity index is 1.43. The highest BCUT2D eigenvalue weighted by Gasteiger charge is 2.13. The predicted molar refractivity (Wildman–Crippen MR) is 110 cm³/mol. The van der Waals surface area contributed by atoms with Gasteiger partial charge in [0.15, 0.2) is 11.6 Å². The highest BCUT2D eigenvalue weighted by atomic mass is 16.3. The third-order valence-corrected chi connectivity index (χ3v) is 4.56. The maximum atomic E-state index is 5.95. The first-order chi connectivity index (χ1) is 13.7. The van der Waals surface area contributed by atoms with Crippen molar-refractivity contribution in [2.75, 3.05) is 13.1 Å². The van der Waals surface area contributed by atoms with E-state index in [2.05, 4.69) is 51.8 Å². The van der Waals surface area contributed by atoms with Gasteiger partial charge in [0.25, 0.3) is 0 Å². The van der Waals surface area contributed by atoms with Crippen LogP contribution in [-0.2, 0) is 6.42 Å². The lowest BCUT2D eigenvalue weighted by Crippen LogP contribution is -2.38. The fourth-order valence-corrected chi connectivity index (χ4v) is 3.14. The van der Waals surface area contributed by atoms with Crippen LogP contribution >= 0.6 is 0 Å². The number of guanidine groups is 1. The summed E-state index contributed by atoms with van der Waals surface area (Å²) < 4.78 is 7.95. The molecule has 1 unspecified atom stereocenters. The molecule has 0 aliphatic rings. The summed E-state index contributed by atoms with van der Waals surface area (Å²) in [7, 11) is 0. The van der Waals surface area contributed by atoms with Gasteiger partial charge in [-0.05, 0) is 38.1 Å². The van der Waals surface area contributed by atoms with Crippen LogP contribution in [0.15, 0.2) is 64.1 Å². The lowest BCUT2D eigenvalue weighted by Gasteiger charge is -2.16. The van der Waals surface area contributed by atoms with Gasteiger partial charge in [-0.25, -0.2) is 0 Å². The molecule has 0 bridgehead atoms. The zero-order valence-corrected chi connectivity index (χ0v) is 16.1. The van der Waals surface area contributed by atoms with Gasteiger partial charge < -0.3 is 15.1 Å². The third-order valence-electron chi connectivity index (χ3n) is 4.56. The van der Waals surface area contributed by atoms with Crippen molar-refractivity contribution in [3.63, 3.8) is 0 Å². The molecule has 0 fully saturated rings. The predicted octanol–water partition coefficient (Wildman–Crippen LogP) is 3.33. The van der Waals surface area contributed by atoms with Crippen LogP contribution in [0.5, 0.6) is 0 Å². The van der Waals surface area contributed by atoms with Crippen molar-refractivity contribution in [3.05, 3.63) is 66.3 Å². The van der Waals surface area contributed by atoms with Crippen LogP contribution in [0.4, 0.5) is 0 Å². The number of benzene rings is 1. The molecule has 0 aliphatic carbocycles. The molecule has 28 heavy (non-hydrogen) atoms. The molecule has 0 amide bonds. The summed E-state index contributed by atoms with van der Waals surface area (Å²) in [5.74, 6) is 2.54. The topological polar surface area (TPSA) is 79.8 Å². The van der Waals surface area contributed by atoms with Gasteiger partial charge in [-0.3, -0.25) is 9.39 Å². The average molecular weight is 376 g/mol. The zero-order valence-electron chi connectivity index (χ0n) is 16.1. The van der Waals surface area contributed by atoms with Crippen molar-refractivity contribution in [3.8, 4) is 0 Å². The molecule has 0 aliphatic heterocycles. The number of aromatic nitrogens is 3. The summed E-state index contributed by atoms with van der Waals surface area (Å²) >= 11 is 0. The van der Waals surface area contributed by atoms with Crippen molar-refractivity contribution in [1.82, 2.24) is 25.2 Å². The van der Waals surface area contributed by atoms with Crippen LogP contribution in [0.25, 0.3) is 16.6 Å². The Labute approximate surface area is 163 Å². The molecule has 4 aromatic rings. The first-order valence-electron chi connectivity index (χ1n) is 9.56. The van der Waals surface area contributed by atoms with E-state index in [4.69, 9.17) is 4.42 Å². The molecule has 2 N–H and O–H groups in total.